The van der Waals surface area contributed by atoms with Crippen LogP contribution < -0.4 is 10.6 Å². The topological polar surface area (TPSA) is 72.0 Å². The Morgan fingerprint density at radius 2 is 1.86 bits per heavy atom. The number of methoxy groups -OCH3 is 1. The van der Waals surface area contributed by atoms with E-state index in [1.165, 1.54) is 0 Å². The Morgan fingerprint density at radius 1 is 1.00 bits per heavy atom. The fraction of sp³-hybridized carbons (Fsp3) is 0.190. The molecule has 4 aromatic rings. The van der Waals surface area contributed by atoms with E-state index in [1.807, 2.05) is 36.4 Å². The van der Waals surface area contributed by atoms with Crippen LogP contribution in [0.15, 0.2) is 60.1 Å². The fourth-order valence-electron chi connectivity index (χ4n) is 2.92. The normalized spacial score (nSPS) is 10.9. The van der Waals surface area contributed by atoms with Gasteiger partial charge in [0.1, 0.15) is 10.6 Å². The summed E-state index contributed by atoms with van der Waals surface area (Å²) in [6.45, 7) is 1.84. The van der Waals surface area contributed by atoms with Crippen LogP contribution in [-0.4, -0.2) is 35.2 Å². The number of hydrogen-bond donors (Lipinski definition) is 2. The van der Waals surface area contributed by atoms with Crippen molar-refractivity contribution in [3.05, 3.63) is 65.8 Å². The quantitative estimate of drug-likeness (QED) is 0.433. The first kappa shape index (κ1) is 18.3. The van der Waals surface area contributed by atoms with Gasteiger partial charge in [0.05, 0.1) is 24.2 Å². The number of benzene rings is 1. The molecule has 0 bridgehead atoms. The summed E-state index contributed by atoms with van der Waals surface area (Å²) in [5.74, 6) is 1.39. The van der Waals surface area contributed by atoms with Crippen LogP contribution in [0.1, 0.15) is 5.69 Å². The molecule has 3 heterocycles. The zero-order chi connectivity index (χ0) is 19.2. The molecule has 28 heavy (non-hydrogen) atoms. The second kappa shape index (κ2) is 8.77. The van der Waals surface area contributed by atoms with Crippen molar-refractivity contribution in [1.82, 2.24) is 15.0 Å². The average molecular weight is 392 g/mol. The van der Waals surface area contributed by atoms with Crippen molar-refractivity contribution in [2.75, 3.05) is 30.9 Å². The number of rotatable bonds is 8. The smallest absolute Gasteiger partial charge is 0.226 e. The summed E-state index contributed by atoms with van der Waals surface area (Å²) >= 11 is 1.62. The van der Waals surface area contributed by atoms with Gasteiger partial charge in [0, 0.05) is 30.8 Å². The Bertz CT molecular complexity index is 1040. The first-order valence-corrected chi connectivity index (χ1v) is 9.94. The van der Waals surface area contributed by atoms with Gasteiger partial charge in [0.15, 0.2) is 0 Å². The molecule has 0 aliphatic rings. The van der Waals surface area contributed by atoms with Gasteiger partial charge in [-0.15, -0.1) is 11.3 Å². The van der Waals surface area contributed by atoms with Gasteiger partial charge in [-0.25, -0.2) is 4.98 Å². The lowest BCUT2D eigenvalue weighted by molar-refractivity contribution is 0.210. The number of anilines is 2. The van der Waals surface area contributed by atoms with E-state index < -0.39 is 0 Å². The summed E-state index contributed by atoms with van der Waals surface area (Å²) < 4.78 is 5.11. The molecule has 0 spiro atoms. The average Bonchev–Trinajstić information content (AvgIpc) is 3.18. The van der Waals surface area contributed by atoms with Gasteiger partial charge < -0.3 is 15.4 Å². The zero-order valence-corrected chi connectivity index (χ0v) is 16.4. The van der Waals surface area contributed by atoms with E-state index in [0.717, 1.165) is 32.9 Å². The number of thiophene rings is 1. The molecule has 0 aliphatic carbocycles. The third-order valence-electron chi connectivity index (χ3n) is 4.27. The van der Waals surface area contributed by atoms with Crippen LogP contribution in [0.5, 0.6) is 0 Å². The Morgan fingerprint density at radius 3 is 2.64 bits per heavy atom. The third-order valence-corrected chi connectivity index (χ3v) is 5.14. The molecule has 0 radical (unpaired) electrons. The summed E-state index contributed by atoms with van der Waals surface area (Å²) in [6.07, 6.45) is 1.80. The third kappa shape index (κ3) is 4.11. The summed E-state index contributed by atoms with van der Waals surface area (Å²) in [5.41, 5.74) is 3.24. The predicted molar refractivity (Wildman–Crippen MR) is 115 cm³/mol. The number of ether oxygens (including phenoxy) is 1. The van der Waals surface area contributed by atoms with Gasteiger partial charge in [-0.1, -0.05) is 36.4 Å². The van der Waals surface area contributed by atoms with E-state index >= 15 is 0 Å². The van der Waals surface area contributed by atoms with Crippen LogP contribution in [0.2, 0.25) is 0 Å². The molecule has 6 nitrogen and oxygen atoms in total. The standard InChI is InChI=1S/C21H21N5OS/c1-27-12-11-23-21-25-19(24-13-16-9-5-6-10-22-16)18-17(14-28-20(18)26-21)15-7-3-2-4-8-15/h2-10,14H,11-13H2,1H3,(H2,23,24,25,26). The number of nitrogens with zero attached hydrogens (tertiary/aromatic N) is 3. The maximum absolute atomic E-state index is 5.11. The van der Waals surface area contributed by atoms with Gasteiger partial charge in [-0.3, -0.25) is 4.98 Å². The summed E-state index contributed by atoms with van der Waals surface area (Å²) in [6, 6.07) is 16.2. The molecule has 0 amide bonds. The van der Waals surface area contributed by atoms with Crippen molar-refractivity contribution in [2.24, 2.45) is 0 Å². The molecule has 0 unspecified atom stereocenters. The Kier molecular flexibility index (Phi) is 5.75. The largest absolute Gasteiger partial charge is 0.383 e. The molecule has 0 saturated carbocycles. The van der Waals surface area contributed by atoms with Crippen molar-refractivity contribution < 1.29 is 4.74 Å². The lowest BCUT2D eigenvalue weighted by atomic mass is 10.1. The summed E-state index contributed by atoms with van der Waals surface area (Å²) in [7, 11) is 1.68. The van der Waals surface area contributed by atoms with E-state index in [1.54, 1.807) is 24.6 Å². The molecule has 0 saturated heterocycles. The summed E-state index contributed by atoms with van der Waals surface area (Å²) in [4.78, 5) is 14.8. The molecule has 7 heteroatoms. The first-order valence-electron chi connectivity index (χ1n) is 9.06. The predicted octanol–water partition coefficient (Wildman–Crippen LogP) is 4.42. The monoisotopic (exact) mass is 391 g/mol. The van der Waals surface area contributed by atoms with Crippen molar-refractivity contribution in [1.29, 1.82) is 0 Å². The minimum Gasteiger partial charge on any atom is -0.383 e. The molecular weight excluding hydrogens is 370 g/mol. The van der Waals surface area contributed by atoms with Crippen molar-refractivity contribution >= 4 is 33.3 Å². The van der Waals surface area contributed by atoms with Gasteiger partial charge in [0.25, 0.3) is 0 Å². The molecule has 142 valence electrons. The number of pyridine rings is 1. The second-order valence-electron chi connectivity index (χ2n) is 6.19. The molecular formula is C21H21N5OS. The number of fused-ring (bicyclic) bond motifs is 1. The highest BCUT2D eigenvalue weighted by Gasteiger charge is 2.15. The maximum Gasteiger partial charge on any atom is 0.226 e. The molecule has 1 aromatic carbocycles. The maximum atomic E-state index is 5.11. The Labute approximate surface area is 167 Å². The van der Waals surface area contributed by atoms with Crippen LogP contribution in [0.4, 0.5) is 11.8 Å². The minimum atomic E-state index is 0.592. The highest BCUT2D eigenvalue weighted by Crippen LogP contribution is 2.37. The number of nitrogens with one attached hydrogen (secondary N) is 2. The molecule has 3 aromatic heterocycles. The van der Waals surface area contributed by atoms with E-state index in [9.17, 15) is 0 Å². The van der Waals surface area contributed by atoms with E-state index in [4.69, 9.17) is 14.7 Å². The number of aromatic nitrogens is 3. The number of hydrogen-bond acceptors (Lipinski definition) is 7. The van der Waals surface area contributed by atoms with Crippen LogP contribution in [-0.2, 0) is 11.3 Å². The van der Waals surface area contributed by atoms with E-state index in [2.05, 4.69) is 33.1 Å². The molecule has 0 atom stereocenters. The first-order chi connectivity index (χ1) is 13.8. The van der Waals surface area contributed by atoms with Gasteiger partial charge in [0.2, 0.25) is 5.95 Å². The van der Waals surface area contributed by atoms with Crippen LogP contribution >= 0.6 is 11.3 Å². The molecule has 4 rings (SSSR count). The molecule has 2 N–H and O–H groups in total. The Balaban J connectivity index is 1.72. The van der Waals surface area contributed by atoms with E-state index in [-0.39, 0.29) is 0 Å². The van der Waals surface area contributed by atoms with Crippen LogP contribution in [0.3, 0.4) is 0 Å². The van der Waals surface area contributed by atoms with Gasteiger partial charge in [-0.05, 0) is 17.7 Å². The molecule has 0 aliphatic heterocycles. The SMILES string of the molecule is COCCNc1nc(NCc2ccccn2)c2c(-c3ccccc3)csc2n1. The van der Waals surface area contributed by atoms with Crippen molar-refractivity contribution in [3.63, 3.8) is 0 Å². The lowest BCUT2D eigenvalue weighted by Gasteiger charge is -2.11. The molecule has 0 fully saturated rings. The van der Waals surface area contributed by atoms with Crippen LogP contribution in [0.25, 0.3) is 21.3 Å². The lowest BCUT2D eigenvalue weighted by Crippen LogP contribution is -2.12. The van der Waals surface area contributed by atoms with E-state index in [0.29, 0.717) is 25.6 Å². The fourth-order valence-corrected chi connectivity index (χ4v) is 3.87. The van der Waals surface area contributed by atoms with Crippen molar-refractivity contribution in [3.8, 4) is 11.1 Å². The zero-order valence-electron chi connectivity index (χ0n) is 15.6. The Hall–Kier alpha value is -3.03. The van der Waals surface area contributed by atoms with Gasteiger partial charge in [-0.2, -0.15) is 4.98 Å². The van der Waals surface area contributed by atoms with Gasteiger partial charge >= 0.3 is 0 Å². The highest BCUT2D eigenvalue weighted by molar-refractivity contribution is 7.17. The summed E-state index contributed by atoms with van der Waals surface area (Å²) in [5, 5.41) is 9.85. The second-order valence-corrected chi connectivity index (χ2v) is 7.04. The minimum absolute atomic E-state index is 0.592. The van der Waals surface area contributed by atoms with Crippen molar-refractivity contribution in [2.45, 2.75) is 6.54 Å². The highest BCUT2D eigenvalue weighted by atomic mass is 32.1. The van der Waals surface area contributed by atoms with Crippen LogP contribution in [0, 0.1) is 0 Å².